The van der Waals surface area contributed by atoms with Crippen molar-refractivity contribution in [2.75, 3.05) is 35.8 Å². The van der Waals surface area contributed by atoms with Gasteiger partial charge in [0.25, 0.3) is 0 Å². The Bertz CT molecular complexity index is 838. The first-order valence-corrected chi connectivity index (χ1v) is 10.0. The highest BCUT2D eigenvalue weighted by Crippen LogP contribution is 2.45. The Morgan fingerprint density at radius 3 is 2.24 bits per heavy atom. The molecule has 134 valence electrons. The molecule has 1 aliphatic heterocycles. The Balaban J connectivity index is 1.92. The van der Waals surface area contributed by atoms with Crippen LogP contribution in [0.2, 0.25) is 5.02 Å². The summed E-state index contributed by atoms with van der Waals surface area (Å²) < 4.78 is 29.2. The topological polar surface area (TPSA) is 43.9 Å². The average Bonchev–Trinajstić information content (AvgIpc) is 2.79. The van der Waals surface area contributed by atoms with E-state index in [9.17, 15) is 8.42 Å². The van der Waals surface area contributed by atoms with Crippen LogP contribution in [0.3, 0.4) is 0 Å². The minimum absolute atomic E-state index is 0.470. The second-order valence-electron chi connectivity index (χ2n) is 6.32. The van der Waals surface area contributed by atoms with Gasteiger partial charge < -0.3 is 4.90 Å². The van der Waals surface area contributed by atoms with Crippen LogP contribution in [0.15, 0.2) is 48.5 Å². The third-order valence-corrected chi connectivity index (χ3v) is 6.21. The zero-order valence-corrected chi connectivity index (χ0v) is 16.0. The third kappa shape index (κ3) is 3.61. The SMILES string of the molecule is CN(C)CCCCN1c2ccccc2N(c2ccc(Cl)cc2)S1(=O)=O. The first-order valence-electron chi connectivity index (χ1n) is 8.23. The molecule has 0 N–H and O–H groups in total. The number of nitrogens with zero attached hydrogens (tertiary/aromatic N) is 3. The standard InChI is InChI=1S/C18H22ClN3O2S/c1-20(2)13-5-6-14-21-17-7-3-4-8-18(17)22(25(21,23)24)16-11-9-15(19)10-12-16/h3-4,7-12H,5-6,13-14H2,1-2H3. The number of rotatable bonds is 6. The van der Waals surface area contributed by atoms with Gasteiger partial charge in [-0.2, -0.15) is 8.42 Å². The van der Waals surface area contributed by atoms with E-state index >= 15 is 0 Å². The minimum atomic E-state index is -3.64. The number of fused-ring (bicyclic) bond motifs is 1. The molecule has 0 aliphatic carbocycles. The summed E-state index contributed by atoms with van der Waals surface area (Å²) in [6.45, 7) is 1.41. The zero-order chi connectivity index (χ0) is 18.0. The second kappa shape index (κ2) is 7.23. The number of benzene rings is 2. The van der Waals surface area contributed by atoms with Crippen LogP contribution in [0.5, 0.6) is 0 Å². The molecular weight excluding hydrogens is 358 g/mol. The lowest BCUT2D eigenvalue weighted by Gasteiger charge is -2.22. The molecule has 2 aromatic rings. The first-order chi connectivity index (χ1) is 11.9. The number of hydrogen-bond donors (Lipinski definition) is 0. The van der Waals surface area contributed by atoms with Crippen molar-refractivity contribution in [1.29, 1.82) is 0 Å². The Morgan fingerprint density at radius 1 is 0.960 bits per heavy atom. The van der Waals surface area contributed by atoms with Crippen LogP contribution in [0.1, 0.15) is 12.8 Å². The van der Waals surface area contributed by atoms with Crippen molar-refractivity contribution < 1.29 is 8.42 Å². The summed E-state index contributed by atoms with van der Waals surface area (Å²) in [5.41, 5.74) is 1.99. The summed E-state index contributed by atoms with van der Waals surface area (Å²) >= 11 is 5.95. The quantitative estimate of drug-likeness (QED) is 0.715. The highest BCUT2D eigenvalue weighted by atomic mass is 35.5. The van der Waals surface area contributed by atoms with Gasteiger partial charge >= 0.3 is 10.2 Å². The van der Waals surface area contributed by atoms with Crippen LogP contribution in [0, 0.1) is 0 Å². The van der Waals surface area contributed by atoms with Crippen LogP contribution in [0.25, 0.3) is 0 Å². The van der Waals surface area contributed by atoms with E-state index in [0.717, 1.165) is 25.1 Å². The van der Waals surface area contributed by atoms with Crippen molar-refractivity contribution in [2.24, 2.45) is 0 Å². The number of anilines is 3. The van der Waals surface area contributed by atoms with Gasteiger partial charge in [0.15, 0.2) is 0 Å². The van der Waals surface area contributed by atoms with Crippen molar-refractivity contribution in [3.8, 4) is 0 Å². The van der Waals surface area contributed by atoms with E-state index in [-0.39, 0.29) is 0 Å². The van der Waals surface area contributed by atoms with Gasteiger partial charge in [-0.3, -0.25) is 4.31 Å². The summed E-state index contributed by atoms with van der Waals surface area (Å²) in [5.74, 6) is 0. The van der Waals surface area contributed by atoms with E-state index in [0.29, 0.717) is 22.9 Å². The Morgan fingerprint density at radius 2 is 1.60 bits per heavy atom. The molecule has 0 radical (unpaired) electrons. The molecule has 0 atom stereocenters. The average molecular weight is 380 g/mol. The maximum absolute atomic E-state index is 13.2. The van der Waals surface area contributed by atoms with Crippen molar-refractivity contribution in [1.82, 2.24) is 4.90 Å². The fourth-order valence-corrected chi connectivity index (χ4v) is 4.84. The summed E-state index contributed by atoms with van der Waals surface area (Å²) in [5, 5.41) is 0.578. The highest BCUT2D eigenvalue weighted by Gasteiger charge is 2.40. The van der Waals surface area contributed by atoms with Gasteiger partial charge in [-0.25, -0.2) is 4.31 Å². The van der Waals surface area contributed by atoms with Crippen molar-refractivity contribution in [3.63, 3.8) is 0 Å². The largest absolute Gasteiger partial charge is 0.330 e. The lowest BCUT2D eigenvalue weighted by atomic mass is 10.2. The minimum Gasteiger partial charge on any atom is -0.309 e. The molecule has 0 aromatic heterocycles. The molecule has 0 unspecified atom stereocenters. The molecule has 2 aromatic carbocycles. The van der Waals surface area contributed by atoms with Crippen LogP contribution >= 0.6 is 11.6 Å². The lowest BCUT2D eigenvalue weighted by Crippen LogP contribution is -2.36. The van der Waals surface area contributed by atoms with E-state index in [1.54, 1.807) is 24.3 Å². The van der Waals surface area contributed by atoms with E-state index in [1.165, 1.54) is 8.61 Å². The molecule has 1 heterocycles. The first kappa shape index (κ1) is 18.0. The number of para-hydroxylation sites is 2. The Kier molecular flexibility index (Phi) is 5.22. The van der Waals surface area contributed by atoms with Gasteiger partial charge in [0.05, 0.1) is 17.1 Å². The van der Waals surface area contributed by atoms with Gasteiger partial charge in [0, 0.05) is 11.6 Å². The molecule has 0 spiro atoms. The molecule has 3 rings (SSSR count). The van der Waals surface area contributed by atoms with E-state index in [1.807, 2.05) is 38.4 Å². The summed E-state index contributed by atoms with van der Waals surface area (Å²) in [7, 11) is 0.392. The third-order valence-electron chi connectivity index (χ3n) is 4.16. The van der Waals surface area contributed by atoms with Gasteiger partial charge in [-0.05, 0) is 69.9 Å². The van der Waals surface area contributed by atoms with Crippen LogP contribution in [0.4, 0.5) is 17.1 Å². The van der Waals surface area contributed by atoms with E-state index < -0.39 is 10.2 Å². The molecule has 5 nitrogen and oxygen atoms in total. The molecule has 0 fully saturated rings. The van der Waals surface area contributed by atoms with Crippen molar-refractivity contribution in [2.45, 2.75) is 12.8 Å². The molecule has 0 saturated carbocycles. The van der Waals surface area contributed by atoms with Crippen molar-refractivity contribution >= 4 is 38.9 Å². The number of hydrogen-bond acceptors (Lipinski definition) is 3. The second-order valence-corrected chi connectivity index (χ2v) is 8.46. The van der Waals surface area contributed by atoms with Gasteiger partial charge in [-0.1, -0.05) is 23.7 Å². The van der Waals surface area contributed by atoms with Gasteiger partial charge in [0.1, 0.15) is 0 Å². The normalized spacial score (nSPS) is 15.7. The number of unbranched alkanes of at least 4 members (excludes halogenated alkanes) is 1. The predicted molar refractivity (Wildman–Crippen MR) is 104 cm³/mol. The Labute approximate surface area is 154 Å². The van der Waals surface area contributed by atoms with E-state index in [2.05, 4.69) is 4.90 Å². The van der Waals surface area contributed by atoms with Crippen LogP contribution in [-0.2, 0) is 10.2 Å². The molecule has 25 heavy (non-hydrogen) atoms. The van der Waals surface area contributed by atoms with E-state index in [4.69, 9.17) is 11.6 Å². The maximum atomic E-state index is 13.2. The Hall–Kier alpha value is -1.76. The van der Waals surface area contributed by atoms with Crippen LogP contribution < -0.4 is 8.61 Å². The fraction of sp³-hybridized carbons (Fsp3) is 0.333. The van der Waals surface area contributed by atoms with Crippen LogP contribution in [-0.4, -0.2) is 40.5 Å². The monoisotopic (exact) mass is 379 g/mol. The smallest absolute Gasteiger partial charge is 0.309 e. The summed E-state index contributed by atoms with van der Waals surface area (Å²) in [6, 6.07) is 14.3. The highest BCUT2D eigenvalue weighted by molar-refractivity contribution is 7.95. The maximum Gasteiger partial charge on any atom is 0.330 e. The zero-order valence-electron chi connectivity index (χ0n) is 14.4. The number of halogens is 1. The lowest BCUT2D eigenvalue weighted by molar-refractivity contribution is 0.396. The summed E-state index contributed by atoms with van der Waals surface area (Å²) in [4.78, 5) is 2.10. The van der Waals surface area contributed by atoms with Gasteiger partial charge in [0.2, 0.25) is 0 Å². The predicted octanol–water partition coefficient (Wildman–Crippen LogP) is 3.88. The van der Waals surface area contributed by atoms with Gasteiger partial charge in [-0.15, -0.1) is 0 Å². The van der Waals surface area contributed by atoms with Crippen molar-refractivity contribution in [3.05, 3.63) is 53.6 Å². The molecule has 0 bridgehead atoms. The summed E-state index contributed by atoms with van der Waals surface area (Å²) in [6.07, 6.45) is 1.75. The molecular formula is C18H22ClN3O2S. The molecule has 0 saturated heterocycles. The fourth-order valence-electron chi connectivity index (χ4n) is 2.96. The molecule has 7 heteroatoms. The molecule has 0 amide bonds. The molecule has 1 aliphatic rings.